The lowest BCUT2D eigenvalue weighted by Gasteiger charge is -2.06. The summed E-state index contributed by atoms with van der Waals surface area (Å²) in [5.41, 5.74) is 2.50. The largest absolute Gasteiger partial charge is 0.342 e. The Morgan fingerprint density at radius 3 is 2.85 bits per heavy atom. The molecule has 0 fully saturated rings. The van der Waals surface area contributed by atoms with E-state index in [-0.39, 0.29) is 19.0 Å². The maximum absolute atomic E-state index is 10.8. The van der Waals surface area contributed by atoms with Crippen LogP contribution < -0.4 is 10.8 Å². The highest BCUT2D eigenvalue weighted by Crippen LogP contribution is 1.88. The van der Waals surface area contributed by atoms with Gasteiger partial charge in [-0.1, -0.05) is 13.8 Å². The molecule has 5 nitrogen and oxygen atoms in total. The Labute approximate surface area is 78.0 Å². The molecule has 0 atom stereocenters. The lowest BCUT2D eigenvalue weighted by molar-refractivity contribution is -0.122. The van der Waals surface area contributed by atoms with Crippen LogP contribution in [0.3, 0.4) is 0 Å². The van der Waals surface area contributed by atoms with E-state index in [0.29, 0.717) is 12.5 Å². The van der Waals surface area contributed by atoms with E-state index in [1.807, 2.05) is 13.8 Å². The third-order valence-electron chi connectivity index (χ3n) is 1.12. The fourth-order valence-electron chi connectivity index (χ4n) is 0.543. The zero-order valence-corrected chi connectivity index (χ0v) is 7.96. The summed E-state index contributed by atoms with van der Waals surface area (Å²) < 4.78 is 0. The molecule has 13 heavy (non-hydrogen) atoms. The van der Waals surface area contributed by atoms with Gasteiger partial charge in [0.2, 0.25) is 5.91 Å². The second kappa shape index (κ2) is 7.53. The van der Waals surface area contributed by atoms with Gasteiger partial charge in [-0.15, -0.1) is 0 Å². The predicted molar refractivity (Wildman–Crippen MR) is 47.4 cm³/mol. The van der Waals surface area contributed by atoms with Gasteiger partial charge in [0.05, 0.1) is 19.2 Å². The van der Waals surface area contributed by atoms with Gasteiger partial charge in [-0.2, -0.15) is 10.7 Å². The third-order valence-corrected chi connectivity index (χ3v) is 1.12. The fraction of sp³-hybridized carbons (Fsp3) is 0.750. The first-order valence-electron chi connectivity index (χ1n) is 4.15. The molecule has 0 aromatic heterocycles. The molecular formula is C8H15N3O2. The van der Waals surface area contributed by atoms with E-state index in [1.54, 1.807) is 6.07 Å². The average molecular weight is 185 g/mol. The van der Waals surface area contributed by atoms with Crippen LogP contribution in [0, 0.1) is 17.2 Å². The van der Waals surface area contributed by atoms with E-state index in [1.165, 1.54) is 0 Å². The molecule has 0 aromatic carbocycles. The molecule has 0 spiro atoms. The number of carbonyl (C=O) groups excluding carboxylic acids is 1. The highest BCUT2D eigenvalue weighted by atomic mass is 16.6. The summed E-state index contributed by atoms with van der Waals surface area (Å²) in [6, 6.07) is 1.81. The van der Waals surface area contributed by atoms with Crippen LogP contribution in [0.1, 0.15) is 13.8 Å². The molecule has 2 N–H and O–H groups in total. The topological polar surface area (TPSA) is 74.2 Å². The summed E-state index contributed by atoms with van der Waals surface area (Å²) in [7, 11) is 0. The Morgan fingerprint density at radius 1 is 1.62 bits per heavy atom. The van der Waals surface area contributed by atoms with Gasteiger partial charge in [-0.05, 0) is 5.92 Å². The second-order valence-corrected chi connectivity index (χ2v) is 2.96. The molecule has 0 aliphatic heterocycles. The van der Waals surface area contributed by atoms with Crippen LogP contribution in [0.15, 0.2) is 0 Å². The summed E-state index contributed by atoms with van der Waals surface area (Å²) in [6.07, 6.45) is 0. The first-order valence-corrected chi connectivity index (χ1v) is 4.15. The van der Waals surface area contributed by atoms with Crippen LogP contribution in [0.5, 0.6) is 0 Å². The van der Waals surface area contributed by atoms with Crippen LogP contribution >= 0.6 is 0 Å². The lowest BCUT2D eigenvalue weighted by Crippen LogP contribution is -2.34. The molecule has 74 valence electrons. The van der Waals surface area contributed by atoms with Crippen LogP contribution in [0.2, 0.25) is 0 Å². The maximum Gasteiger partial charge on any atom is 0.237 e. The van der Waals surface area contributed by atoms with E-state index in [4.69, 9.17) is 10.1 Å². The van der Waals surface area contributed by atoms with Gasteiger partial charge >= 0.3 is 0 Å². The molecule has 0 heterocycles. The quantitative estimate of drug-likeness (QED) is 0.341. The zero-order chi connectivity index (χ0) is 10.1. The minimum atomic E-state index is -0.245. The van der Waals surface area contributed by atoms with Crippen molar-refractivity contribution >= 4 is 5.91 Å². The number of carbonyl (C=O) groups is 1. The Morgan fingerprint density at radius 2 is 2.31 bits per heavy atom. The van der Waals surface area contributed by atoms with Gasteiger partial charge in [0.25, 0.3) is 0 Å². The number of nitrogens with one attached hydrogen (secondary N) is 2. The molecule has 0 aromatic rings. The maximum atomic E-state index is 10.8. The highest BCUT2D eigenvalue weighted by molar-refractivity contribution is 5.77. The van der Waals surface area contributed by atoms with Crippen LogP contribution in [-0.2, 0) is 9.63 Å². The fourth-order valence-corrected chi connectivity index (χ4v) is 0.543. The molecule has 0 radical (unpaired) electrons. The second-order valence-electron chi connectivity index (χ2n) is 2.96. The minimum absolute atomic E-state index is 0.0324. The van der Waals surface area contributed by atoms with Gasteiger partial charge in [-0.3, -0.25) is 4.79 Å². The van der Waals surface area contributed by atoms with Gasteiger partial charge < -0.3 is 10.2 Å². The van der Waals surface area contributed by atoms with Crippen LogP contribution in [-0.4, -0.2) is 25.6 Å². The first kappa shape index (κ1) is 11.9. The average Bonchev–Trinajstić information content (AvgIpc) is 2.08. The van der Waals surface area contributed by atoms with Crippen molar-refractivity contribution in [3.63, 3.8) is 0 Å². The molecule has 0 aliphatic rings. The monoisotopic (exact) mass is 185 g/mol. The first-order chi connectivity index (χ1) is 6.16. The molecule has 0 bridgehead atoms. The van der Waals surface area contributed by atoms with Gasteiger partial charge in [-0.25, -0.2) is 0 Å². The highest BCUT2D eigenvalue weighted by Gasteiger charge is 1.99. The lowest BCUT2D eigenvalue weighted by atomic mass is 10.2. The Hall–Kier alpha value is -1.12. The van der Waals surface area contributed by atoms with Crippen molar-refractivity contribution in [2.24, 2.45) is 5.92 Å². The Bertz CT molecular complexity index is 186. The van der Waals surface area contributed by atoms with E-state index in [2.05, 4.69) is 10.8 Å². The van der Waals surface area contributed by atoms with Crippen molar-refractivity contribution in [3.8, 4) is 6.07 Å². The summed E-state index contributed by atoms with van der Waals surface area (Å²) in [4.78, 5) is 15.8. The molecule has 0 saturated carbocycles. The van der Waals surface area contributed by atoms with Gasteiger partial charge in [0.1, 0.15) is 6.54 Å². The summed E-state index contributed by atoms with van der Waals surface area (Å²) >= 11 is 0. The normalized spacial score (nSPS) is 9.69. The summed E-state index contributed by atoms with van der Waals surface area (Å²) in [6.45, 7) is 4.69. The van der Waals surface area contributed by atoms with E-state index in [0.717, 1.165) is 0 Å². The molecule has 0 aliphatic carbocycles. The van der Waals surface area contributed by atoms with Crippen molar-refractivity contribution in [1.29, 1.82) is 5.26 Å². The predicted octanol–water partition coefficient (Wildman–Crippen LogP) is -0.197. The van der Waals surface area contributed by atoms with Crippen molar-refractivity contribution < 1.29 is 9.63 Å². The molecule has 1 amide bonds. The van der Waals surface area contributed by atoms with E-state index >= 15 is 0 Å². The smallest absolute Gasteiger partial charge is 0.237 e. The summed E-state index contributed by atoms with van der Waals surface area (Å²) in [5, 5.41) is 10.5. The number of hydrogen-bond donors (Lipinski definition) is 2. The molecular weight excluding hydrogens is 170 g/mol. The third kappa shape index (κ3) is 8.79. The number of rotatable bonds is 6. The number of hydrogen-bond acceptors (Lipinski definition) is 4. The molecule has 0 saturated heterocycles. The summed E-state index contributed by atoms with van der Waals surface area (Å²) in [5.74, 6) is 0.181. The van der Waals surface area contributed by atoms with Crippen molar-refractivity contribution in [2.45, 2.75) is 13.8 Å². The van der Waals surface area contributed by atoms with Crippen molar-refractivity contribution in [1.82, 2.24) is 10.8 Å². The SMILES string of the molecule is CC(C)CONCC(=O)NCC#N. The zero-order valence-electron chi connectivity index (χ0n) is 7.96. The molecule has 0 rings (SSSR count). The van der Waals surface area contributed by atoms with Crippen LogP contribution in [0.25, 0.3) is 0 Å². The number of nitriles is 1. The van der Waals surface area contributed by atoms with Crippen molar-refractivity contribution in [3.05, 3.63) is 0 Å². The molecule has 0 unspecified atom stereocenters. The van der Waals surface area contributed by atoms with E-state index in [9.17, 15) is 4.79 Å². The van der Waals surface area contributed by atoms with Crippen LogP contribution in [0.4, 0.5) is 0 Å². The number of hydroxylamine groups is 1. The molecule has 5 heteroatoms. The standard InChI is InChI=1S/C8H15N3O2/c1-7(2)6-13-11-5-8(12)10-4-3-9/h7,11H,4-6H2,1-2H3,(H,10,12). The Balaban J connectivity index is 3.23. The number of nitrogens with zero attached hydrogens (tertiary/aromatic N) is 1. The minimum Gasteiger partial charge on any atom is -0.342 e. The van der Waals surface area contributed by atoms with Gasteiger partial charge in [0, 0.05) is 0 Å². The van der Waals surface area contributed by atoms with E-state index < -0.39 is 0 Å². The van der Waals surface area contributed by atoms with Crippen molar-refractivity contribution in [2.75, 3.05) is 19.7 Å². The Kier molecular flexibility index (Phi) is 6.88. The van der Waals surface area contributed by atoms with Gasteiger partial charge in [0.15, 0.2) is 0 Å². The number of amides is 1.